The summed E-state index contributed by atoms with van der Waals surface area (Å²) in [7, 11) is 0. The fourth-order valence-electron chi connectivity index (χ4n) is 2.23. The molecule has 2 rings (SSSR count). The van der Waals surface area contributed by atoms with Gasteiger partial charge in [0.05, 0.1) is 6.04 Å². The van der Waals surface area contributed by atoms with Crippen molar-refractivity contribution in [1.29, 1.82) is 0 Å². The Balaban J connectivity index is 2.07. The van der Waals surface area contributed by atoms with Crippen molar-refractivity contribution < 1.29 is 10.2 Å². The van der Waals surface area contributed by atoms with Crippen molar-refractivity contribution in [1.82, 2.24) is 0 Å². The summed E-state index contributed by atoms with van der Waals surface area (Å²) in [6, 6.07) is 15.7. The first-order valence-corrected chi connectivity index (χ1v) is 6.98. The number of hydrogen-bond donors (Lipinski definition) is 3. The van der Waals surface area contributed by atoms with Crippen molar-refractivity contribution in [3.05, 3.63) is 59.7 Å². The number of aliphatic hydroxyl groups is 1. The molecule has 106 valence electrons. The summed E-state index contributed by atoms with van der Waals surface area (Å²) in [5.41, 5.74) is 3.35. The van der Waals surface area contributed by atoms with E-state index in [0.29, 0.717) is 6.42 Å². The standard InChI is InChI=1S/C17H21NO2/c1-2-17(14-5-9-16(20)10-6-14)18-15-7-3-13(4-8-15)11-12-19/h3-10,17-20H,2,11-12H2,1H3. The Morgan fingerprint density at radius 3 is 2.20 bits per heavy atom. The number of phenolic OH excluding ortho intramolecular Hbond substituents is 1. The Labute approximate surface area is 119 Å². The van der Waals surface area contributed by atoms with Crippen LogP contribution in [0.1, 0.15) is 30.5 Å². The predicted molar refractivity (Wildman–Crippen MR) is 82.0 cm³/mol. The molecule has 0 aliphatic rings. The first-order valence-electron chi connectivity index (χ1n) is 6.98. The zero-order chi connectivity index (χ0) is 14.4. The molecule has 1 atom stereocenters. The molecule has 1 unspecified atom stereocenters. The molecular weight excluding hydrogens is 250 g/mol. The van der Waals surface area contributed by atoms with Crippen molar-refractivity contribution in [2.45, 2.75) is 25.8 Å². The Kier molecular flexibility index (Phi) is 5.02. The van der Waals surface area contributed by atoms with Crippen molar-refractivity contribution in [3.8, 4) is 5.75 Å². The first-order chi connectivity index (χ1) is 9.72. The van der Waals surface area contributed by atoms with Crippen molar-refractivity contribution >= 4 is 5.69 Å². The number of aromatic hydroxyl groups is 1. The molecular formula is C17H21NO2. The molecule has 0 spiro atoms. The largest absolute Gasteiger partial charge is 0.508 e. The number of rotatable bonds is 6. The van der Waals surface area contributed by atoms with Gasteiger partial charge in [-0.1, -0.05) is 31.2 Å². The minimum atomic E-state index is 0.178. The molecule has 20 heavy (non-hydrogen) atoms. The minimum Gasteiger partial charge on any atom is -0.508 e. The fraction of sp³-hybridized carbons (Fsp3) is 0.294. The van der Waals surface area contributed by atoms with Crippen molar-refractivity contribution in [3.63, 3.8) is 0 Å². The lowest BCUT2D eigenvalue weighted by Crippen LogP contribution is -2.09. The van der Waals surface area contributed by atoms with Crippen LogP contribution >= 0.6 is 0 Å². The highest BCUT2D eigenvalue weighted by Gasteiger charge is 2.09. The third kappa shape index (κ3) is 3.75. The normalized spacial score (nSPS) is 12.1. The molecule has 0 bridgehead atoms. The summed E-state index contributed by atoms with van der Waals surface area (Å²) in [5.74, 6) is 0.289. The van der Waals surface area contributed by atoms with E-state index in [4.69, 9.17) is 5.11 Å². The molecule has 0 aromatic heterocycles. The second-order valence-corrected chi connectivity index (χ2v) is 4.87. The quantitative estimate of drug-likeness (QED) is 0.754. The maximum absolute atomic E-state index is 9.34. The molecule has 0 fully saturated rings. The van der Waals surface area contributed by atoms with Crippen LogP contribution in [0.5, 0.6) is 5.75 Å². The number of phenols is 1. The Hall–Kier alpha value is -2.00. The molecule has 3 heteroatoms. The first kappa shape index (κ1) is 14.4. The van der Waals surface area contributed by atoms with Crippen LogP contribution in [0.25, 0.3) is 0 Å². The van der Waals surface area contributed by atoms with Crippen LogP contribution in [-0.2, 0) is 6.42 Å². The van der Waals surface area contributed by atoms with E-state index in [1.54, 1.807) is 12.1 Å². The monoisotopic (exact) mass is 271 g/mol. The second kappa shape index (κ2) is 6.96. The SMILES string of the molecule is CCC(Nc1ccc(CCO)cc1)c1ccc(O)cc1. The Morgan fingerprint density at radius 2 is 1.65 bits per heavy atom. The van der Waals surface area contributed by atoms with Gasteiger partial charge in [0.1, 0.15) is 5.75 Å². The summed E-state index contributed by atoms with van der Waals surface area (Å²) in [5, 5.41) is 21.7. The highest BCUT2D eigenvalue weighted by atomic mass is 16.3. The molecule has 0 amide bonds. The summed E-state index contributed by atoms with van der Waals surface area (Å²) < 4.78 is 0. The lowest BCUT2D eigenvalue weighted by Gasteiger charge is -2.19. The summed E-state index contributed by atoms with van der Waals surface area (Å²) in [4.78, 5) is 0. The third-order valence-electron chi connectivity index (χ3n) is 3.40. The van der Waals surface area contributed by atoms with Crippen molar-refractivity contribution in [2.75, 3.05) is 11.9 Å². The third-order valence-corrected chi connectivity index (χ3v) is 3.40. The molecule has 0 saturated carbocycles. The minimum absolute atomic E-state index is 0.178. The number of hydrogen-bond acceptors (Lipinski definition) is 3. The lowest BCUT2D eigenvalue weighted by molar-refractivity contribution is 0.299. The van der Waals surface area contributed by atoms with E-state index in [9.17, 15) is 5.11 Å². The molecule has 0 radical (unpaired) electrons. The average molecular weight is 271 g/mol. The molecule has 0 heterocycles. The molecule has 3 nitrogen and oxygen atoms in total. The van der Waals surface area contributed by atoms with Crippen LogP contribution in [-0.4, -0.2) is 16.8 Å². The average Bonchev–Trinajstić information content (AvgIpc) is 2.48. The molecule has 3 N–H and O–H groups in total. The molecule has 0 saturated heterocycles. The topological polar surface area (TPSA) is 52.5 Å². The fourth-order valence-corrected chi connectivity index (χ4v) is 2.23. The lowest BCUT2D eigenvalue weighted by atomic mass is 10.0. The molecule has 2 aromatic rings. The Morgan fingerprint density at radius 1 is 1.00 bits per heavy atom. The maximum atomic E-state index is 9.34. The van der Waals surface area contributed by atoms with Gasteiger partial charge in [-0.25, -0.2) is 0 Å². The summed E-state index contributed by atoms with van der Waals surface area (Å²) >= 11 is 0. The van der Waals surface area contributed by atoms with Gasteiger partial charge >= 0.3 is 0 Å². The van der Waals surface area contributed by atoms with Crippen molar-refractivity contribution in [2.24, 2.45) is 0 Å². The van der Waals surface area contributed by atoms with E-state index < -0.39 is 0 Å². The highest BCUT2D eigenvalue weighted by molar-refractivity contribution is 5.47. The van der Waals surface area contributed by atoms with Crippen LogP contribution in [0, 0.1) is 0 Å². The number of anilines is 1. The van der Waals surface area contributed by atoms with Crippen LogP contribution in [0.4, 0.5) is 5.69 Å². The van der Waals surface area contributed by atoms with Crippen LogP contribution in [0.15, 0.2) is 48.5 Å². The molecule has 0 aliphatic carbocycles. The molecule has 2 aromatic carbocycles. The zero-order valence-electron chi connectivity index (χ0n) is 11.7. The van der Waals surface area contributed by atoms with Crippen LogP contribution in [0.2, 0.25) is 0 Å². The van der Waals surface area contributed by atoms with Gasteiger partial charge < -0.3 is 15.5 Å². The smallest absolute Gasteiger partial charge is 0.115 e. The van der Waals surface area contributed by atoms with E-state index in [1.807, 2.05) is 36.4 Å². The molecule has 0 aliphatic heterocycles. The van der Waals surface area contributed by atoms with E-state index in [0.717, 1.165) is 23.2 Å². The Bertz CT molecular complexity index is 520. The van der Waals surface area contributed by atoms with Gasteiger partial charge in [0.2, 0.25) is 0 Å². The van der Waals surface area contributed by atoms with Gasteiger partial charge in [-0.3, -0.25) is 0 Å². The summed E-state index contributed by atoms with van der Waals surface area (Å²) in [6.45, 7) is 2.31. The second-order valence-electron chi connectivity index (χ2n) is 4.87. The van der Waals surface area contributed by atoms with E-state index in [-0.39, 0.29) is 18.4 Å². The van der Waals surface area contributed by atoms with Gasteiger partial charge in [0.15, 0.2) is 0 Å². The van der Waals surface area contributed by atoms with E-state index >= 15 is 0 Å². The number of aliphatic hydroxyl groups excluding tert-OH is 1. The predicted octanol–water partition coefficient (Wildman–Crippen LogP) is 3.49. The number of nitrogens with one attached hydrogen (secondary N) is 1. The van der Waals surface area contributed by atoms with Gasteiger partial charge in [-0.15, -0.1) is 0 Å². The van der Waals surface area contributed by atoms with E-state index in [2.05, 4.69) is 12.2 Å². The van der Waals surface area contributed by atoms with Crippen LogP contribution < -0.4 is 5.32 Å². The van der Waals surface area contributed by atoms with Crippen LogP contribution in [0.3, 0.4) is 0 Å². The zero-order valence-corrected chi connectivity index (χ0v) is 11.7. The summed E-state index contributed by atoms with van der Waals surface area (Å²) in [6.07, 6.45) is 1.65. The maximum Gasteiger partial charge on any atom is 0.115 e. The van der Waals surface area contributed by atoms with E-state index in [1.165, 1.54) is 0 Å². The highest BCUT2D eigenvalue weighted by Crippen LogP contribution is 2.24. The van der Waals surface area contributed by atoms with Gasteiger partial charge in [0, 0.05) is 12.3 Å². The number of benzene rings is 2. The van der Waals surface area contributed by atoms with Gasteiger partial charge in [0.25, 0.3) is 0 Å². The van der Waals surface area contributed by atoms with Gasteiger partial charge in [-0.05, 0) is 48.2 Å². The van der Waals surface area contributed by atoms with Gasteiger partial charge in [-0.2, -0.15) is 0 Å².